The van der Waals surface area contributed by atoms with E-state index in [4.69, 9.17) is 9.15 Å². The molecule has 1 aromatic carbocycles. The van der Waals surface area contributed by atoms with Gasteiger partial charge in [-0.2, -0.15) is 0 Å². The van der Waals surface area contributed by atoms with Crippen molar-refractivity contribution in [1.29, 1.82) is 0 Å². The first kappa shape index (κ1) is 17.3. The minimum absolute atomic E-state index is 0.0177. The molecular weight excluding hydrogens is 332 g/mol. The molecule has 2 aromatic rings. The van der Waals surface area contributed by atoms with Crippen LogP contribution in [0, 0.1) is 17.6 Å². The van der Waals surface area contributed by atoms with Gasteiger partial charge >= 0.3 is 0 Å². The molecule has 1 aliphatic rings. The molecule has 134 valence electrons. The number of amides is 1. The predicted octanol–water partition coefficient (Wildman–Crippen LogP) is 2.77. The maximum atomic E-state index is 13.5. The van der Waals surface area contributed by atoms with Gasteiger partial charge in [0.25, 0.3) is 5.89 Å². The summed E-state index contributed by atoms with van der Waals surface area (Å²) in [4.78, 5) is 11.1. The standard InChI is InChI=1S/C17H19F2N3O3/c1-10(23)20-13-4-2-11(6-13)7-16-21-22-17(25-16)9-24-15-5-3-12(18)8-14(15)19/h3,5,8,11,13H,2,4,6-7,9H2,1H3,(H,20,23)/t11-,13+/m1/s1. The van der Waals surface area contributed by atoms with Crippen molar-refractivity contribution in [2.24, 2.45) is 5.92 Å². The monoisotopic (exact) mass is 351 g/mol. The van der Waals surface area contributed by atoms with Crippen molar-refractivity contribution in [1.82, 2.24) is 15.5 Å². The summed E-state index contributed by atoms with van der Waals surface area (Å²) in [5.41, 5.74) is 0. The number of halogens is 2. The zero-order valence-corrected chi connectivity index (χ0v) is 13.8. The second-order valence-electron chi connectivity index (χ2n) is 6.23. The molecule has 8 heteroatoms. The van der Waals surface area contributed by atoms with Crippen LogP contribution in [0.1, 0.15) is 38.0 Å². The molecule has 1 heterocycles. The molecule has 0 saturated heterocycles. The van der Waals surface area contributed by atoms with Crippen molar-refractivity contribution < 1.29 is 22.7 Å². The van der Waals surface area contributed by atoms with Gasteiger partial charge in [0, 0.05) is 25.5 Å². The Labute approximate surface area is 143 Å². The van der Waals surface area contributed by atoms with Gasteiger partial charge in [-0.15, -0.1) is 10.2 Å². The summed E-state index contributed by atoms with van der Waals surface area (Å²) in [6, 6.07) is 3.28. The van der Waals surface area contributed by atoms with Crippen molar-refractivity contribution in [3.05, 3.63) is 41.6 Å². The first-order chi connectivity index (χ1) is 12.0. The lowest BCUT2D eigenvalue weighted by atomic mass is 10.0. The van der Waals surface area contributed by atoms with Crippen LogP contribution in [0.3, 0.4) is 0 Å². The SMILES string of the molecule is CC(=O)N[C@H]1CC[C@@H](Cc2nnc(COc3ccc(F)cc3F)o2)C1. The van der Waals surface area contributed by atoms with Crippen LogP contribution in [0.4, 0.5) is 8.78 Å². The average molecular weight is 351 g/mol. The molecule has 1 amide bonds. The number of carbonyl (C=O) groups is 1. The van der Waals surface area contributed by atoms with Crippen LogP contribution >= 0.6 is 0 Å². The molecule has 2 atom stereocenters. The van der Waals surface area contributed by atoms with Crippen molar-refractivity contribution in [3.63, 3.8) is 0 Å². The van der Waals surface area contributed by atoms with Gasteiger partial charge < -0.3 is 14.5 Å². The number of benzene rings is 1. The molecule has 0 radical (unpaired) electrons. The molecule has 6 nitrogen and oxygen atoms in total. The summed E-state index contributed by atoms with van der Waals surface area (Å²) in [5, 5.41) is 10.8. The molecule has 3 rings (SSSR count). The molecule has 1 N–H and O–H groups in total. The summed E-state index contributed by atoms with van der Waals surface area (Å²) >= 11 is 0. The number of hydrogen-bond donors (Lipinski definition) is 1. The number of nitrogens with one attached hydrogen (secondary N) is 1. The Bertz CT molecular complexity index is 750. The highest BCUT2D eigenvalue weighted by Crippen LogP contribution is 2.28. The number of carbonyl (C=O) groups excluding carboxylic acids is 1. The molecule has 0 aliphatic heterocycles. The van der Waals surface area contributed by atoms with Crippen LogP contribution in [0.15, 0.2) is 22.6 Å². The van der Waals surface area contributed by atoms with E-state index in [1.807, 2.05) is 0 Å². The summed E-state index contributed by atoms with van der Waals surface area (Å²) in [6.07, 6.45) is 3.45. The minimum Gasteiger partial charge on any atom is -0.481 e. The number of ether oxygens (including phenoxy) is 1. The number of hydrogen-bond acceptors (Lipinski definition) is 5. The highest BCUT2D eigenvalue weighted by molar-refractivity contribution is 5.73. The van der Waals surface area contributed by atoms with Crippen LogP contribution in [-0.4, -0.2) is 22.1 Å². The summed E-state index contributed by atoms with van der Waals surface area (Å²) in [5.74, 6) is -0.442. The van der Waals surface area contributed by atoms with Gasteiger partial charge in [0.1, 0.15) is 5.82 Å². The van der Waals surface area contributed by atoms with Gasteiger partial charge in [-0.1, -0.05) is 0 Å². The molecule has 0 spiro atoms. The Morgan fingerprint density at radius 1 is 1.32 bits per heavy atom. The smallest absolute Gasteiger partial charge is 0.253 e. The molecule has 0 bridgehead atoms. The van der Waals surface area contributed by atoms with E-state index < -0.39 is 11.6 Å². The summed E-state index contributed by atoms with van der Waals surface area (Å²) in [7, 11) is 0. The maximum absolute atomic E-state index is 13.5. The van der Waals surface area contributed by atoms with E-state index in [9.17, 15) is 13.6 Å². The number of rotatable bonds is 6. The second kappa shape index (κ2) is 7.58. The largest absolute Gasteiger partial charge is 0.481 e. The molecular formula is C17H19F2N3O3. The van der Waals surface area contributed by atoms with E-state index in [0.717, 1.165) is 31.4 Å². The molecule has 0 unspecified atom stereocenters. The lowest BCUT2D eigenvalue weighted by molar-refractivity contribution is -0.119. The Hall–Kier alpha value is -2.51. The second-order valence-corrected chi connectivity index (χ2v) is 6.23. The van der Waals surface area contributed by atoms with Gasteiger partial charge in [0.05, 0.1) is 0 Å². The van der Waals surface area contributed by atoms with E-state index in [1.165, 1.54) is 13.0 Å². The quantitative estimate of drug-likeness (QED) is 0.866. The van der Waals surface area contributed by atoms with Crippen LogP contribution in [0.25, 0.3) is 0 Å². The zero-order valence-electron chi connectivity index (χ0n) is 13.8. The highest BCUT2D eigenvalue weighted by Gasteiger charge is 2.26. The fourth-order valence-electron chi connectivity index (χ4n) is 3.09. The topological polar surface area (TPSA) is 77.2 Å². The zero-order chi connectivity index (χ0) is 17.8. The van der Waals surface area contributed by atoms with Gasteiger partial charge in [0.2, 0.25) is 11.8 Å². The Balaban J connectivity index is 1.50. The Kier molecular flexibility index (Phi) is 5.25. The first-order valence-corrected chi connectivity index (χ1v) is 8.16. The number of nitrogens with zero attached hydrogens (tertiary/aromatic N) is 2. The van der Waals surface area contributed by atoms with Gasteiger partial charge in [0.15, 0.2) is 18.2 Å². The molecule has 1 fully saturated rings. The third-order valence-electron chi connectivity index (χ3n) is 4.17. The fraction of sp³-hybridized carbons (Fsp3) is 0.471. The van der Waals surface area contributed by atoms with Crippen LogP contribution < -0.4 is 10.1 Å². The van der Waals surface area contributed by atoms with Crippen molar-refractivity contribution in [3.8, 4) is 5.75 Å². The molecule has 1 saturated carbocycles. The van der Waals surface area contributed by atoms with Crippen LogP contribution in [-0.2, 0) is 17.8 Å². The van der Waals surface area contributed by atoms with E-state index in [1.54, 1.807) is 0 Å². The van der Waals surface area contributed by atoms with Crippen molar-refractivity contribution >= 4 is 5.91 Å². The molecule has 25 heavy (non-hydrogen) atoms. The van der Waals surface area contributed by atoms with E-state index in [0.29, 0.717) is 18.2 Å². The Morgan fingerprint density at radius 3 is 2.88 bits per heavy atom. The van der Waals surface area contributed by atoms with E-state index >= 15 is 0 Å². The highest BCUT2D eigenvalue weighted by atomic mass is 19.1. The van der Waals surface area contributed by atoms with Gasteiger partial charge in [-0.05, 0) is 37.3 Å². The molecule has 1 aliphatic carbocycles. The third kappa shape index (κ3) is 4.74. The van der Waals surface area contributed by atoms with Crippen molar-refractivity contribution in [2.75, 3.05) is 0 Å². The first-order valence-electron chi connectivity index (χ1n) is 8.16. The predicted molar refractivity (Wildman–Crippen MR) is 83.6 cm³/mol. The van der Waals surface area contributed by atoms with Gasteiger partial charge in [-0.3, -0.25) is 4.79 Å². The molecule has 1 aromatic heterocycles. The van der Waals surface area contributed by atoms with Crippen LogP contribution in [0.2, 0.25) is 0 Å². The fourth-order valence-corrected chi connectivity index (χ4v) is 3.09. The normalized spacial score (nSPS) is 19.8. The lowest BCUT2D eigenvalue weighted by Gasteiger charge is -2.10. The number of aromatic nitrogens is 2. The summed E-state index contributed by atoms with van der Waals surface area (Å²) < 4.78 is 37.1. The van der Waals surface area contributed by atoms with Gasteiger partial charge in [-0.25, -0.2) is 8.78 Å². The van der Waals surface area contributed by atoms with E-state index in [2.05, 4.69) is 15.5 Å². The maximum Gasteiger partial charge on any atom is 0.253 e. The summed E-state index contributed by atoms with van der Waals surface area (Å²) in [6.45, 7) is 1.43. The lowest BCUT2D eigenvalue weighted by Crippen LogP contribution is -2.30. The van der Waals surface area contributed by atoms with Crippen LogP contribution in [0.5, 0.6) is 5.75 Å². The van der Waals surface area contributed by atoms with E-state index in [-0.39, 0.29) is 30.2 Å². The minimum atomic E-state index is -0.783. The average Bonchev–Trinajstić information content (AvgIpc) is 3.16. The third-order valence-corrected chi connectivity index (χ3v) is 4.17. The van der Waals surface area contributed by atoms with Crippen molar-refractivity contribution in [2.45, 2.75) is 45.3 Å². The Morgan fingerprint density at radius 2 is 2.12 bits per heavy atom.